The Morgan fingerprint density at radius 3 is 2.50 bits per heavy atom. The zero-order valence-corrected chi connectivity index (χ0v) is 21.8. The highest BCUT2D eigenvalue weighted by Gasteiger charge is 2.43. The second kappa shape index (κ2) is 10.6. The molecule has 6 rings (SSSR count). The molecule has 2 fully saturated rings. The molecule has 7 nitrogen and oxygen atoms in total. The molecule has 196 valence electrons. The largest absolute Gasteiger partial charge is 0.320 e. The van der Waals surface area contributed by atoms with Gasteiger partial charge in [-0.1, -0.05) is 79.6 Å². The summed E-state index contributed by atoms with van der Waals surface area (Å²) in [4.78, 5) is 35.6. The molecule has 3 aromatic rings. The summed E-state index contributed by atoms with van der Waals surface area (Å²) >= 11 is 0. The molecule has 1 aromatic heterocycles. The lowest BCUT2D eigenvalue weighted by molar-refractivity contribution is 0.104. The zero-order chi connectivity index (χ0) is 26.0. The van der Waals surface area contributed by atoms with Crippen molar-refractivity contribution in [1.29, 1.82) is 0 Å². The van der Waals surface area contributed by atoms with Gasteiger partial charge in [-0.15, -0.1) is 0 Å². The third-order valence-electron chi connectivity index (χ3n) is 8.53. The fraction of sp³-hybridized carbons (Fsp3) is 0.387. The molecule has 0 radical (unpaired) electrons. The van der Waals surface area contributed by atoms with Crippen LogP contribution in [0.3, 0.4) is 0 Å². The fourth-order valence-corrected chi connectivity index (χ4v) is 6.46. The highest BCUT2D eigenvalue weighted by atomic mass is 16.2. The number of urea groups is 1. The van der Waals surface area contributed by atoms with E-state index in [1.807, 2.05) is 58.3 Å². The summed E-state index contributed by atoms with van der Waals surface area (Å²) in [5, 5.41) is 3.46. The van der Waals surface area contributed by atoms with Crippen LogP contribution in [-0.2, 0) is 6.54 Å². The molecule has 2 amide bonds. The van der Waals surface area contributed by atoms with Gasteiger partial charge in [-0.25, -0.2) is 9.78 Å². The lowest BCUT2D eigenvalue weighted by Gasteiger charge is -2.45. The van der Waals surface area contributed by atoms with Gasteiger partial charge < -0.3 is 15.1 Å². The van der Waals surface area contributed by atoms with E-state index in [0.29, 0.717) is 31.9 Å². The van der Waals surface area contributed by atoms with Gasteiger partial charge >= 0.3 is 6.03 Å². The van der Waals surface area contributed by atoms with Crippen LogP contribution in [0.25, 0.3) is 11.3 Å². The molecule has 1 N–H and O–H groups in total. The number of rotatable bonds is 4. The standard InChI is InChI=1S/C31H35N5O2/c37-29-19-27(24-9-3-1-4-10-24)33-23-35(29)21-26-13-17-34(22-31(26)14-7-8-15-31)30(38)36-18-16-32-20-28(36)25-11-5-2-6-12-25/h1-6,9-13,19,23,28,32H,7-8,14-18,20-22H2/t28-/m0/s1. The molecule has 7 heteroatoms. The number of nitrogens with one attached hydrogen (secondary N) is 1. The van der Waals surface area contributed by atoms with Crippen LogP contribution >= 0.6 is 0 Å². The Bertz CT molecular complexity index is 1360. The molecule has 3 aliphatic rings. The number of carbonyl (C=O) groups excluding carboxylic acids is 1. The van der Waals surface area contributed by atoms with Crippen LogP contribution in [0.15, 0.2) is 89.5 Å². The van der Waals surface area contributed by atoms with Gasteiger partial charge in [0.1, 0.15) is 0 Å². The molecule has 1 saturated heterocycles. The van der Waals surface area contributed by atoms with Crippen molar-refractivity contribution in [2.75, 3.05) is 32.7 Å². The Morgan fingerprint density at radius 1 is 1.03 bits per heavy atom. The first kappa shape index (κ1) is 24.6. The summed E-state index contributed by atoms with van der Waals surface area (Å²) in [6.07, 6.45) is 8.30. The van der Waals surface area contributed by atoms with Gasteiger partial charge in [0.05, 0.1) is 18.1 Å². The summed E-state index contributed by atoms with van der Waals surface area (Å²) in [7, 11) is 0. The predicted octanol–water partition coefficient (Wildman–Crippen LogP) is 4.48. The summed E-state index contributed by atoms with van der Waals surface area (Å²) in [5.74, 6) is 0. The molecule has 2 aromatic carbocycles. The molecule has 1 atom stereocenters. The predicted molar refractivity (Wildman–Crippen MR) is 149 cm³/mol. The second-order valence-electron chi connectivity index (χ2n) is 10.8. The molecular formula is C31H35N5O2. The van der Waals surface area contributed by atoms with Gasteiger partial charge in [0.2, 0.25) is 0 Å². The minimum atomic E-state index is -0.0677. The van der Waals surface area contributed by atoms with E-state index in [2.05, 4.69) is 28.5 Å². The minimum Gasteiger partial charge on any atom is -0.320 e. The van der Waals surface area contributed by atoms with Gasteiger partial charge in [0, 0.05) is 56.3 Å². The third kappa shape index (κ3) is 4.78. The van der Waals surface area contributed by atoms with E-state index in [0.717, 1.165) is 44.3 Å². The smallest absolute Gasteiger partial charge is 0.320 e. The molecular weight excluding hydrogens is 474 g/mol. The van der Waals surface area contributed by atoms with Crippen LogP contribution < -0.4 is 10.9 Å². The van der Waals surface area contributed by atoms with Crippen LogP contribution in [0, 0.1) is 5.41 Å². The number of amides is 2. The average molecular weight is 510 g/mol. The Labute approximate surface area is 223 Å². The number of piperazine rings is 1. The van der Waals surface area contributed by atoms with Gasteiger partial charge in [-0.2, -0.15) is 0 Å². The molecule has 38 heavy (non-hydrogen) atoms. The van der Waals surface area contributed by atoms with Crippen molar-refractivity contribution in [3.05, 3.63) is 101 Å². The fourth-order valence-electron chi connectivity index (χ4n) is 6.46. The molecule has 0 unspecified atom stereocenters. The number of aromatic nitrogens is 2. The normalized spacial score (nSPS) is 20.9. The summed E-state index contributed by atoms with van der Waals surface area (Å²) < 4.78 is 1.72. The number of hydrogen-bond donors (Lipinski definition) is 1. The van der Waals surface area contributed by atoms with E-state index in [1.165, 1.54) is 11.1 Å². The van der Waals surface area contributed by atoms with Crippen LogP contribution in [0.1, 0.15) is 37.3 Å². The van der Waals surface area contributed by atoms with Gasteiger partial charge in [-0.05, 0) is 24.0 Å². The maximum atomic E-state index is 13.9. The molecule has 1 aliphatic carbocycles. The van der Waals surface area contributed by atoms with Gasteiger partial charge in [-0.3, -0.25) is 9.36 Å². The Morgan fingerprint density at radius 2 is 1.76 bits per heavy atom. The van der Waals surface area contributed by atoms with Gasteiger partial charge in [0.15, 0.2) is 0 Å². The zero-order valence-electron chi connectivity index (χ0n) is 21.8. The first-order valence-corrected chi connectivity index (χ1v) is 13.8. The SMILES string of the molecule is O=C(N1CC=C(Cn2cnc(-c3ccccc3)cc2=O)C2(CCCC2)C1)N1CCNC[C@H]1c1ccccc1. The molecule has 1 saturated carbocycles. The molecule has 0 bridgehead atoms. The van der Waals surface area contributed by atoms with Gasteiger partial charge in [0.25, 0.3) is 5.56 Å². The van der Waals surface area contributed by atoms with Crippen LogP contribution in [0.2, 0.25) is 0 Å². The van der Waals surface area contributed by atoms with Crippen molar-refractivity contribution in [2.24, 2.45) is 5.41 Å². The number of benzene rings is 2. The van der Waals surface area contributed by atoms with Crippen molar-refractivity contribution in [3.63, 3.8) is 0 Å². The average Bonchev–Trinajstić information content (AvgIpc) is 3.44. The quantitative estimate of drug-likeness (QED) is 0.527. The summed E-state index contributed by atoms with van der Waals surface area (Å²) in [6, 6.07) is 21.9. The Balaban J connectivity index is 1.23. The Kier molecular flexibility index (Phi) is 6.85. The van der Waals surface area contributed by atoms with E-state index in [9.17, 15) is 9.59 Å². The van der Waals surface area contributed by atoms with E-state index in [4.69, 9.17) is 0 Å². The lowest BCUT2D eigenvalue weighted by Crippen LogP contribution is -2.56. The third-order valence-corrected chi connectivity index (χ3v) is 8.53. The van der Waals surface area contributed by atoms with E-state index in [1.54, 1.807) is 17.0 Å². The van der Waals surface area contributed by atoms with Crippen molar-refractivity contribution in [3.8, 4) is 11.3 Å². The highest BCUT2D eigenvalue weighted by Crippen LogP contribution is 2.47. The second-order valence-corrected chi connectivity index (χ2v) is 10.8. The van der Waals surface area contributed by atoms with Crippen molar-refractivity contribution < 1.29 is 4.79 Å². The maximum Gasteiger partial charge on any atom is 0.320 e. The summed E-state index contributed by atoms with van der Waals surface area (Å²) in [5.41, 5.74) is 3.97. The summed E-state index contributed by atoms with van der Waals surface area (Å²) in [6.45, 7) is 4.10. The first-order valence-electron chi connectivity index (χ1n) is 13.8. The number of carbonyl (C=O) groups is 1. The maximum absolute atomic E-state index is 13.9. The molecule has 3 heterocycles. The topological polar surface area (TPSA) is 70.5 Å². The number of nitrogens with zero attached hydrogens (tertiary/aromatic N) is 4. The molecule has 1 spiro atoms. The minimum absolute atomic E-state index is 0.0372. The first-order chi connectivity index (χ1) is 18.6. The Hall–Kier alpha value is -3.71. The lowest BCUT2D eigenvalue weighted by atomic mass is 9.75. The van der Waals surface area contributed by atoms with Crippen molar-refractivity contribution in [2.45, 2.75) is 38.3 Å². The van der Waals surface area contributed by atoms with Crippen LogP contribution in [0.5, 0.6) is 0 Å². The molecule has 2 aliphatic heterocycles. The number of hydrogen-bond acceptors (Lipinski definition) is 4. The van der Waals surface area contributed by atoms with E-state index in [-0.39, 0.29) is 23.0 Å². The monoisotopic (exact) mass is 509 g/mol. The van der Waals surface area contributed by atoms with Crippen molar-refractivity contribution >= 4 is 6.03 Å². The van der Waals surface area contributed by atoms with Crippen molar-refractivity contribution in [1.82, 2.24) is 24.7 Å². The van der Waals surface area contributed by atoms with E-state index < -0.39 is 0 Å². The van der Waals surface area contributed by atoms with E-state index >= 15 is 0 Å². The van der Waals surface area contributed by atoms with Crippen LogP contribution in [-0.4, -0.2) is 58.1 Å². The van der Waals surface area contributed by atoms with Crippen LogP contribution in [0.4, 0.5) is 4.79 Å². The highest BCUT2D eigenvalue weighted by molar-refractivity contribution is 5.76.